The van der Waals surface area contributed by atoms with Crippen LogP contribution in [0.3, 0.4) is 0 Å². The van der Waals surface area contributed by atoms with Crippen LogP contribution in [-0.4, -0.2) is 18.4 Å². The highest BCUT2D eigenvalue weighted by atomic mass is 35.5. The Bertz CT molecular complexity index is 876. The van der Waals surface area contributed by atoms with Gasteiger partial charge in [-0.2, -0.15) is 0 Å². The van der Waals surface area contributed by atoms with E-state index in [1.807, 2.05) is 30.3 Å². The average Bonchev–Trinajstić information content (AvgIpc) is 3.22. The summed E-state index contributed by atoms with van der Waals surface area (Å²) in [6.45, 7) is 0.422. The van der Waals surface area contributed by atoms with Crippen LogP contribution in [0.25, 0.3) is 0 Å². The molecule has 27 heavy (non-hydrogen) atoms. The fourth-order valence-electron chi connectivity index (χ4n) is 2.54. The number of esters is 1. The summed E-state index contributed by atoms with van der Waals surface area (Å²) < 4.78 is 10.4. The lowest BCUT2D eigenvalue weighted by molar-refractivity contribution is -0.130. The van der Waals surface area contributed by atoms with E-state index in [1.54, 1.807) is 30.3 Å². The Morgan fingerprint density at radius 1 is 1.00 bits per heavy atom. The van der Waals surface area contributed by atoms with Gasteiger partial charge in [0.25, 0.3) is 5.91 Å². The molecule has 0 unspecified atom stereocenters. The molecular weight excluding hydrogens is 366 g/mol. The van der Waals surface area contributed by atoms with Gasteiger partial charge in [0, 0.05) is 17.1 Å². The van der Waals surface area contributed by atoms with Gasteiger partial charge in [-0.1, -0.05) is 54.1 Å². The summed E-state index contributed by atoms with van der Waals surface area (Å²) in [5.41, 5.74) is 1.63. The normalized spacial score (nSPS) is 11.6. The minimum Gasteiger partial charge on any atom is -0.457 e. The number of amides is 1. The summed E-state index contributed by atoms with van der Waals surface area (Å²) in [4.78, 5) is 24.9. The topological polar surface area (TPSA) is 68.5 Å². The van der Waals surface area contributed by atoms with Gasteiger partial charge in [-0.25, -0.2) is 4.79 Å². The fourth-order valence-corrected chi connectivity index (χ4v) is 2.66. The average molecular weight is 384 g/mol. The van der Waals surface area contributed by atoms with E-state index in [-0.39, 0.29) is 5.76 Å². The van der Waals surface area contributed by atoms with Gasteiger partial charge in [0.1, 0.15) is 0 Å². The first kappa shape index (κ1) is 18.7. The van der Waals surface area contributed by atoms with E-state index < -0.39 is 18.0 Å². The zero-order valence-corrected chi connectivity index (χ0v) is 15.2. The number of rotatable bonds is 7. The molecule has 0 saturated heterocycles. The van der Waals surface area contributed by atoms with Gasteiger partial charge in [0.2, 0.25) is 11.9 Å². The molecule has 0 spiro atoms. The van der Waals surface area contributed by atoms with Crippen molar-refractivity contribution in [2.75, 3.05) is 6.54 Å². The molecule has 0 aliphatic rings. The highest BCUT2D eigenvalue weighted by Gasteiger charge is 2.26. The van der Waals surface area contributed by atoms with Gasteiger partial charge in [-0.05, 0) is 36.2 Å². The molecule has 1 N–H and O–H groups in total. The van der Waals surface area contributed by atoms with Crippen LogP contribution in [0.4, 0.5) is 0 Å². The number of carbonyl (C=O) groups is 2. The summed E-state index contributed by atoms with van der Waals surface area (Å²) in [5, 5.41) is 3.34. The highest BCUT2D eigenvalue weighted by Crippen LogP contribution is 2.22. The standard InChI is InChI=1S/C21H18ClNO4/c22-17-10-8-16(9-11-17)19(27-21(25)18-7-4-14-26-18)20(24)23-13-12-15-5-2-1-3-6-15/h1-11,14,19H,12-13H2,(H,23,24)/t19-/m0/s1. The van der Waals surface area contributed by atoms with E-state index in [1.165, 1.54) is 12.3 Å². The second-order valence-corrected chi connectivity index (χ2v) is 6.28. The maximum atomic E-state index is 12.7. The number of carbonyl (C=O) groups excluding carboxylic acids is 2. The Labute approximate surface area is 161 Å². The van der Waals surface area contributed by atoms with Gasteiger partial charge < -0.3 is 14.5 Å². The molecule has 0 fully saturated rings. The molecular formula is C21H18ClNO4. The molecule has 0 radical (unpaired) electrons. The molecule has 0 aliphatic heterocycles. The fraction of sp³-hybridized carbons (Fsp3) is 0.143. The number of ether oxygens (including phenoxy) is 1. The lowest BCUT2D eigenvalue weighted by Gasteiger charge is -2.17. The SMILES string of the molecule is O=C(O[C@H](C(=O)NCCc1ccccc1)c1ccc(Cl)cc1)c1ccco1. The molecule has 1 aromatic heterocycles. The molecule has 0 bridgehead atoms. The minimum atomic E-state index is -1.10. The molecule has 0 aliphatic carbocycles. The zero-order valence-electron chi connectivity index (χ0n) is 14.4. The van der Waals surface area contributed by atoms with E-state index in [2.05, 4.69) is 5.32 Å². The predicted octanol–water partition coefficient (Wildman–Crippen LogP) is 4.19. The summed E-state index contributed by atoms with van der Waals surface area (Å²) in [6.07, 6.45) is 0.940. The van der Waals surface area contributed by atoms with E-state index in [4.69, 9.17) is 20.8 Å². The zero-order chi connectivity index (χ0) is 19.1. The van der Waals surface area contributed by atoms with Crippen molar-refractivity contribution >= 4 is 23.5 Å². The second kappa shape index (κ2) is 9.05. The Morgan fingerprint density at radius 3 is 2.41 bits per heavy atom. The molecule has 2 aromatic carbocycles. The van der Waals surface area contributed by atoms with Crippen molar-refractivity contribution in [3.8, 4) is 0 Å². The van der Waals surface area contributed by atoms with Gasteiger partial charge in [-0.15, -0.1) is 0 Å². The van der Waals surface area contributed by atoms with Gasteiger partial charge >= 0.3 is 5.97 Å². The summed E-state index contributed by atoms with van der Waals surface area (Å²) >= 11 is 5.91. The van der Waals surface area contributed by atoms with E-state index >= 15 is 0 Å². The Hall–Kier alpha value is -3.05. The molecule has 1 heterocycles. The van der Waals surface area contributed by atoms with E-state index in [0.717, 1.165) is 5.56 Å². The van der Waals surface area contributed by atoms with Crippen LogP contribution in [0.2, 0.25) is 5.02 Å². The second-order valence-electron chi connectivity index (χ2n) is 5.84. The maximum Gasteiger partial charge on any atom is 0.375 e. The highest BCUT2D eigenvalue weighted by molar-refractivity contribution is 6.30. The third-order valence-corrected chi connectivity index (χ3v) is 4.17. The van der Waals surface area contributed by atoms with E-state index in [0.29, 0.717) is 23.6 Å². The van der Waals surface area contributed by atoms with Crippen LogP contribution < -0.4 is 5.32 Å². The molecule has 3 rings (SSSR count). The molecule has 0 saturated carbocycles. The van der Waals surface area contributed by atoms with Crippen LogP contribution in [0.1, 0.15) is 27.8 Å². The third kappa shape index (κ3) is 5.21. The van der Waals surface area contributed by atoms with Crippen LogP contribution in [0.15, 0.2) is 77.4 Å². The first-order valence-electron chi connectivity index (χ1n) is 8.45. The number of hydrogen-bond donors (Lipinski definition) is 1. The van der Waals surface area contributed by atoms with Crippen LogP contribution in [-0.2, 0) is 16.0 Å². The molecule has 1 amide bonds. The smallest absolute Gasteiger partial charge is 0.375 e. The van der Waals surface area contributed by atoms with Crippen molar-refractivity contribution < 1.29 is 18.7 Å². The van der Waals surface area contributed by atoms with Gasteiger partial charge in [0.15, 0.2) is 0 Å². The van der Waals surface area contributed by atoms with Crippen molar-refractivity contribution in [1.82, 2.24) is 5.32 Å². The van der Waals surface area contributed by atoms with Crippen LogP contribution in [0.5, 0.6) is 0 Å². The van der Waals surface area contributed by atoms with Gasteiger partial charge in [-0.3, -0.25) is 4.79 Å². The molecule has 1 atom stereocenters. The van der Waals surface area contributed by atoms with Crippen molar-refractivity contribution in [2.45, 2.75) is 12.5 Å². The van der Waals surface area contributed by atoms with E-state index in [9.17, 15) is 9.59 Å². The number of halogens is 1. The number of nitrogens with one attached hydrogen (secondary N) is 1. The minimum absolute atomic E-state index is 0.0334. The van der Waals surface area contributed by atoms with Gasteiger partial charge in [0.05, 0.1) is 6.26 Å². The van der Waals surface area contributed by atoms with Crippen molar-refractivity contribution in [2.24, 2.45) is 0 Å². The maximum absolute atomic E-state index is 12.7. The molecule has 138 valence electrons. The lowest BCUT2D eigenvalue weighted by atomic mass is 10.1. The summed E-state index contributed by atoms with van der Waals surface area (Å²) in [5.74, 6) is -1.09. The van der Waals surface area contributed by atoms with Crippen molar-refractivity contribution in [3.63, 3.8) is 0 Å². The van der Waals surface area contributed by atoms with Crippen LogP contribution in [0, 0.1) is 0 Å². The van der Waals surface area contributed by atoms with Crippen molar-refractivity contribution in [1.29, 1.82) is 0 Å². The quantitative estimate of drug-likeness (QED) is 0.621. The lowest BCUT2D eigenvalue weighted by Crippen LogP contribution is -2.33. The predicted molar refractivity (Wildman–Crippen MR) is 101 cm³/mol. The molecule has 3 aromatic rings. The van der Waals surface area contributed by atoms with Crippen LogP contribution >= 0.6 is 11.6 Å². The first-order valence-corrected chi connectivity index (χ1v) is 8.83. The van der Waals surface area contributed by atoms with Crippen molar-refractivity contribution in [3.05, 3.63) is 94.9 Å². The summed E-state index contributed by atoms with van der Waals surface area (Å²) in [7, 11) is 0. The largest absolute Gasteiger partial charge is 0.457 e. The monoisotopic (exact) mass is 383 g/mol. The molecule has 5 nitrogen and oxygen atoms in total. The Kier molecular flexibility index (Phi) is 6.28. The number of hydrogen-bond acceptors (Lipinski definition) is 4. The number of benzene rings is 2. The Balaban J connectivity index is 1.69. The summed E-state index contributed by atoms with van der Waals surface area (Å²) in [6, 6.07) is 19.4. The molecule has 6 heteroatoms. The first-order chi connectivity index (χ1) is 13.1. The third-order valence-electron chi connectivity index (χ3n) is 3.91. The Morgan fingerprint density at radius 2 is 1.74 bits per heavy atom. The number of furan rings is 1.